The highest BCUT2D eigenvalue weighted by molar-refractivity contribution is 6.17. The van der Waals surface area contributed by atoms with E-state index >= 15 is 0 Å². The van der Waals surface area contributed by atoms with Gasteiger partial charge in [0, 0.05) is 18.0 Å². The van der Waals surface area contributed by atoms with Crippen molar-refractivity contribution in [3.05, 3.63) is 59.9 Å². The van der Waals surface area contributed by atoms with Crippen molar-refractivity contribution < 1.29 is 4.74 Å². The monoisotopic (exact) mass is 233 g/mol. The Balaban J connectivity index is 2.05. The van der Waals surface area contributed by atoms with Crippen LogP contribution in [0.4, 0.5) is 0 Å². The van der Waals surface area contributed by atoms with Gasteiger partial charge in [-0.05, 0) is 23.8 Å². The van der Waals surface area contributed by atoms with E-state index in [4.69, 9.17) is 16.3 Å². The third kappa shape index (κ3) is 2.74. The third-order valence-electron chi connectivity index (χ3n) is 2.26. The van der Waals surface area contributed by atoms with E-state index in [1.165, 1.54) is 0 Å². The van der Waals surface area contributed by atoms with Crippen LogP contribution in [0.15, 0.2) is 48.8 Å². The zero-order chi connectivity index (χ0) is 11.2. The van der Waals surface area contributed by atoms with Crippen LogP contribution < -0.4 is 4.74 Å². The quantitative estimate of drug-likeness (QED) is 0.756. The average Bonchev–Trinajstić information content (AvgIpc) is 2.38. The van der Waals surface area contributed by atoms with Gasteiger partial charge in [0.15, 0.2) is 0 Å². The van der Waals surface area contributed by atoms with Crippen LogP contribution in [-0.4, -0.2) is 4.98 Å². The Morgan fingerprint density at radius 1 is 1.06 bits per heavy atom. The summed E-state index contributed by atoms with van der Waals surface area (Å²) in [5.41, 5.74) is 2.11. The van der Waals surface area contributed by atoms with E-state index in [1.807, 2.05) is 36.4 Å². The van der Waals surface area contributed by atoms with Crippen molar-refractivity contribution in [1.82, 2.24) is 4.98 Å². The maximum Gasteiger partial charge on any atom is 0.124 e. The third-order valence-corrected chi connectivity index (χ3v) is 2.55. The molecule has 0 bridgehead atoms. The lowest BCUT2D eigenvalue weighted by Crippen LogP contribution is -1.97. The van der Waals surface area contributed by atoms with Crippen molar-refractivity contribution in [1.29, 1.82) is 0 Å². The van der Waals surface area contributed by atoms with Crippen LogP contribution in [-0.2, 0) is 12.5 Å². The van der Waals surface area contributed by atoms with Gasteiger partial charge in [0.2, 0.25) is 0 Å². The van der Waals surface area contributed by atoms with Crippen molar-refractivity contribution in [3.8, 4) is 5.75 Å². The second-order valence-corrected chi connectivity index (χ2v) is 3.65. The number of benzene rings is 1. The first kappa shape index (κ1) is 11.0. The number of aromatic nitrogens is 1. The first-order valence-electron chi connectivity index (χ1n) is 5.05. The van der Waals surface area contributed by atoms with Gasteiger partial charge in [-0.25, -0.2) is 0 Å². The number of para-hydroxylation sites is 1. The molecule has 0 aliphatic rings. The minimum atomic E-state index is 0.465. The maximum absolute atomic E-state index is 5.82. The van der Waals surface area contributed by atoms with E-state index in [9.17, 15) is 0 Å². The topological polar surface area (TPSA) is 22.1 Å². The molecule has 3 heteroatoms. The standard InChI is InChI=1S/C13H12ClNO/c14-9-12-3-1-2-4-13(12)16-10-11-5-7-15-8-6-11/h1-8H,9-10H2. The molecule has 0 spiro atoms. The molecule has 16 heavy (non-hydrogen) atoms. The van der Waals surface area contributed by atoms with Crippen LogP contribution in [0, 0.1) is 0 Å². The molecule has 0 saturated heterocycles. The SMILES string of the molecule is ClCc1ccccc1OCc1ccncc1. The largest absolute Gasteiger partial charge is 0.489 e. The van der Waals surface area contributed by atoms with Gasteiger partial charge < -0.3 is 4.74 Å². The predicted molar refractivity (Wildman–Crippen MR) is 64.6 cm³/mol. The van der Waals surface area contributed by atoms with E-state index in [2.05, 4.69) is 4.98 Å². The highest BCUT2D eigenvalue weighted by atomic mass is 35.5. The minimum absolute atomic E-state index is 0.465. The van der Waals surface area contributed by atoms with Crippen LogP contribution in [0.3, 0.4) is 0 Å². The second kappa shape index (κ2) is 5.52. The number of nitrogens with zero attached hydrogens (tertiary/aromatic N) is 1. The lowest BCUT2D eigenvalue weighted by atomic mass is 10.2. The Kier molecular flexibility index (Phi) is 3.78. The van der Waals surface area contributed by atoms with Crippen LogP contribution in [0.5, 0.6) is 5.75 Å². The fraction of sp³-hybridized carbons (Fsp3) is 0.154. The van der Waals surface area contributed by atoms with Gasteiger partial charge in [-0.2, -0.15) is 0 Å². The summed E-state index contributed by atoms with van der Waals surface area (Å²) in [5.74, 6) is 1.31. The summed E-state index contributed by atoms with van der Waals surface area (Å²) in [6.07, 6.45) is 3.51. The Morgan fingerprint density at radius 2 is 1.81 bits per heavy atom. The van der Waals surface area contributed by atoms with E-state index in [-0.39, 0.29) is 0 Å². The van der Waals surface area contributed by atoms with Gasteiger partial charge in [0.1, 0.15) is 12.4 Å². The van der Waals surface area contributed by atoms with E-state index in [0.29, 0.717) is 12.5 Å². The molecule has 0 aliphatic heterocycles. The number of rotatable bonds is 4. The molecule has 1 aromatic heterocycles. The Hall–Kier alpha value is -1.54. The molecule has 0 radical (unpaired) electrons. The van der Waals surface area contributed by atoms with E-state index in [0.717, 1.165) is 16.9 Å². The molecule has 0 aliphatic carbocycles. The molecule has 82 valence electrons. The molecule has 1 aromatic carbocycles. The second-order valence-electron chi connectivity index (χ2n) is 3.39. The fourth-order valence-electron chi connectivity index (χ4n) is 1.40. The summed E-state index contributed by atoms with van der Waals surface area (Å²) in [5, 5.41) is 0. The summed E-state index contributed by atoms with van der Waals surface area (Å²) in [6.45, 7) is 0.538. The van der Waals surface area contributed by atoms with Crippen LogP contribution in [0.2, 0.25) is 0 Å². The van der Waals surface area contributed by atoms with Crippen molar-refractivity contribution in [2.45, 2.75) is 12.5 Å². The molecular formula is C13H12ClNO. The number of alkyl halides is 1. The Bertz CT molecular complexity index is 445. The van der Waals surface area contributed by atoms with E-state index < -0.39 is 0 Å². The molecular weight excluding hydrogens is 222 g/mol. The smallest absolute Gasteiger partial charge is 0.124 e. The van der Waals surface area contributed by atoms with Gasteiger partial charge >= 0.3 is 0 Å². The summed E-state index contributed by atoms with van der Waals surface area (Å²) >= 11 is 5.82. The highest BCUT2D eigenvalue weighted by Crippen LogP contribution is 2.20. The molecule has 0 fully saturated rings. The highest BCUT2D eigenvalue weighted by Gasteiger charge is 2.01. The first-order valence-corrected chi connectivity index (χ1v) is 5.59. The van der Waals surface area contributed by atoms with Crippen molar-refractivity contribution in [3.63, 3.8) is 0 Å². The van der Waals surface area contributed by atoms with Crippen molar-refractivity contribution >= 4 is 11.6 Å². The lowest BCUT2D eigenvalue weighted by Gasteiger charge is -2.09. The molecule has 0 unspecified atom stereocenters. The zero-order valence-electron chi connectivity index (χ0n) is 8.77. The number of ether oxygens (including phenoxy) is 1. The summed E-state index contributed by atoms with van der Waals surface area (Å²) < 4.78 is 5.70. The van der Waals surface area contributed by atoms with Gasteiger partial charge in [0.25, 0.3) is 0 Å². The summed E-state index contributed by atoms with van der Waals surface area (Å²) in [6, 6.07) is 11.7. The molecule has 2 aromatic rings. The number of hydrogen-bond donors (Lipinski definition) is 0. The molecule has 1 heterocycles. The average molecular weight is 234 g/mol. The number of halogens is 1. The molecule has 2 nitrogen and oxygen atoms in total. The summed E-state index contributed by atoms with van der Waals surface area (Å²) in [4.78, 5) is 3.96. The zero-order valence-corrected chi connectivity index (χ0v) is 9.52. The number of hydrogen-bond acceptors (Lipinski definition) is 2. The fourth-order valence-corrected chi connectivity index (χ4v) is 1.62. The van der Waals surface area contributed by atoms with Gasteiger partial charge in [-0.15, -0.1) is 11.6 Å². The Morgan fingerprint density at radius 3 is 2.56 bits per heavy atom. The van der Waals surface area contributed by atoms with Crippen LogP contribution in [0.1, 0.15) is 11.1 Å². The molecule has 0 N–H and O–H groups in total. The van der Waals surface area contributed by atoms with Crippen LogP contribution in [0.25, 0.3) is 0 Å². The summed E-state index contributed by atoms with van der Waals surface area (Å²) in [7, 11) is 0. The first-order chi connectivity index (χ1) is 7.90. The van der Waals surface area contributed by atoms with Crippen molar-refractivity contribution in [2.75, 3.05) is 0 Å². The molecule has 0 atom stereocenters. The predicted octanol–water partition coefficient (Wildman–Crippen LogP) is 3.40. The van der Waals surface area contributed by atoms with Gasteiger partial charge in [0.05, 0.1) is 5.88 Å². The maximum atomic E-state index is 5.82. The van der Waals surface area contributed by atoms with Gasteiger partial charge in [-0.3, -0.25) is 4.98 Å². The molecule has 0 saturated carbocycles. The normalized spacial score (nSPS) is 10.1. The lowest BCUT2D eigenvalue weighted by molar-refractivity contribution is 0.303. The van der Waals surface area contributed by atoms with Crippen molar-refractivity contribution in [2.24, 2.45) is 0 Å². The number of pyridine rings is 1. The molecule has 2 rings (SSSR count). The van der Waals surface area contributed by atoms with Gasteiger partial charge in [-0.1, -0.05) is 18.2 Å². The minimum Gasteiger partial charge on any atom is -0.489 e. The van der Waals surface area contributed by atoms with Crippen LogP contribution >= 0.6 is 11.6 Å². The van der Waals surface area contributed by atoms with E-state index in [1.54, 1.807) is 12.4 Å². The molecule has 0 amide bonds. The Labute approximate surface area is 99.9 Å².